The van der Waals surface area contributed by atoms with E-state index in [-0.39, 0.29) is 5.02 Å². The fourth-order valence-corrected chi connectivity index (χ4v) is 2.61. The number of ether oxygens (including phenoxy) is 1. The molecule has 1 N–H and O–H groups in total. The average Bonchev–Trinajstić information content (AvgIpc) is 2.40. The SMILES string of the molecule is COc1cc(Br)cc(C)c1NCc1ccc(Cl)c(F)c1. The lowest BCUT2D eigenvalue weighted by atomic mass is 10.1. The van der Waals surface area contributed by atoms with Crippen molar-refractivity contribution >= 4 is 33.2 Å². The third kappa shape index (κ3) is 3.44. The number of aryl methyl sites for hydroxylation is 1. The number of nitrogens with one attached hydrogen (secondary N) is 1. The highest BCUT2D eigenvalue weighted by molar-refractivity contribution is 9.10. The molecule has 2 aromatic carbocycles. The van der Waals surface area contributed by atoms with E-state index in [4.69, 9.17) is 16.3 Å². The van der Waals surface area contributed by atoms with E-state index < -0.39 is 5.82 Å². The van der Waals surface area contributed by atoms with E-state index in [9.17, 15) is 4.39 Å². The highest BCUT2D eigenvalue weighted by atomic mass is 79.9. The number of benzene rings is 2. The van der Waals surface area contributed by atoms with Crippen LogP contribution in [0.25, 0.3) is 0 Å². The molecule has 0 amide bonds. The Kier molecular flexibility index (Phi) is 4.89. The van der Waals surface area contributed by atoms with Crippen molar-refractivity contribution in [3.8, 4) is 5.75 Å². The fraction of sp³-hybridized carbons (Fsp3) is 0.200. The maximum atomic E-state index is 13.4. The Balaban J connectivity index is 2.20. The number of halogens is 3. The van der Waals surface area contributed by atoms with E-state index in [2.05, 4.69) is 21.2 Å². The van der Waals surface area contributed by atoms with Gasteiger partial charge in [-0.3, -0.25) is 0 Å². The Labute approximate surface area is 131 Å². The first-order chi connectivity index (χ1) is 9.51. The van der Waals surface area contributed by atoms with Crippen molar-refractivity contribution in [3.05, 3.63) is 56.8 Å². The van der Waals surface area contributed by atoms with Crippen LogP contribution in [-0.4, -0.2) is 7.11 Å². The molecule has 2 nitrogen and oxygen atoms in total. The molecule has 0 saturated carbocycles. The second kappa shape index (κ2) is 6.46. The van der Waals surface area contributed by atoms with Gasteiger partial charge in [-0.15, -0.1) is 0 Å². The predicted octanol–water partition coefficient (Wildman–Crippen LogP) is 5.17. The maximum Gasteiger partial charge on any atom is 0.143 e. The summed E-state index contributed by atoms with van der Waals surface area (Å²) in [5, 5.41) is 3.40. The van der Waals surface area contributed by atoms with Gasteiger partial charge in [-0.1, -0.05) is 33.6 Å². The largest absolute Gasteiger partial charge is 0.495 e. The highest BCUT2D eigenvalue weighted by Crippen LogP contribution is 2.32. The Morgan fingerprint density at radius 2 is 2.05 bits per heavy atom. The lowest BCUT2D eigenvalue weighted by Gasteiger charge is -2.15. The van der Waals surface area contributed by atoms with Crippen molar-refractivity contribution in [1.82, 2.24) is 0 Å². The second-order valence-corrected chi connectivity index (χ2v) is 5.72. The van der Waals surface area contributed by atoms with Crippen molar-refractivity contribution in [2.24, 2.45) is 0 Å². The predicted molar refractivity (Wildman–Crippen MR) is 84.2 cm³/mol. The van der Waals surface area contributed by atoms with Crippen molar-refractivity contribution in [3.63, 3.8) is 0 Å². The van der Waals surface area contributed by atoms with Gasteiger partial charge in [0.25, 0.3) is 0 Å². The standard InChI is InChI=1S/C15H14BrClFNO/c1-9-5-11(16)7-14(20-2)15(9)19-8-10-3-4-12(17)13(18)6-10/h3-7,19H,8H2,1-2H3. The van der Waals surface area contributed by atoms with E-state index >= 15 is 0 Å². The smallest absolute Gasteiger partial charge is 0.143 e. The second-order valence-electron chi connectivity index (χ2n) is 4.40. The molecular formula is C15H14BrClFNO. The van der Waals surface area contributed by atoms with E-state index in [1.165, 1.54) is 6.07 Å². The molecule has 2 rings (SSSR count). The summed E-state index contributed by atoms with van der Waals surface area (Å²) in [6, 6.07) is 8.65. The summed E-state index contributed by atoms with van der Waals surface area (Å²) in [7, 11) is 1.62. The normalized spacial score (nSPS) is 10.4. The molecule has 106 valence electrons. The molecule has 5 heteroatoms. The van der Waals surface area contributed by atoms with Crippen molar-refractivity contribution < 1.29 is 9.13 Å². The summed E-state index contributed by atoms with van der Waals surface area (Å²) < 4.78 is 19.7. The molecular weight excluding hydrogens is 345 g/mol. The summed E-state index contributed by atoms with van der Waals surface area (Å²) in [4.78, 5) is 0. The molecule has 0 aliphatic heterocycles. The van der Waals surface area contributed by atoms with Gasteiger partial charge < -0.3 is 10.1 Å². The summed E-state index contributed by atoms with van der Waals surface area (Å²) in [5.74, 6) is 0.330. The zero-order valence-corrected chi connectivity index (χ0v) is 13.5. The summed E-state index contributed by atoms with van der Waals surface area (Å²) in [5.41, 5.74) is 2.76. The summed E-state index contributed by atoms with van der Waals surface area (Å²) >= 11 is 9.10. The Morgan fingerprint density at radius 1 is 1.30 bits per heavy atom. The van der Waals surface area contributed by atoms with Crippen molar-refractivity contribution in [2.45, 2.75) is 13.5 Å². The third-order valence-electron chi connectivity index (χ3n) is 2.94. The molecule has 2 aromatic rings. The van der Waals surface area contributed by atoms with Gasteiger partial charge >= 0.3 is 0 Å². The van der Waals surface area contributed by atoms with Gasteiger partial charge in [0.2, 0.25) is 0 Å². The van der Waals surface area contributed by atoms with Crippen LogP contribution in [-0.2, 0) is 6.54 Å². The summed E-state index contributed by atoms with van der Waals surface area (Å²) in [6.07, 6.45) is 0. The minimum atomic E-state index is -0.412. The third-order valence-corrected chi connectivity index (χ3v) is 3.70. The van der Waals surface area contributed by atoms with Crippen LogP contribution in [0.5, 0.6) is 5.75 Å². The number of anilines is 1. The Bertz CT molecular complexity index is 634. The Morgan fingerprint density at radius 3 is 2.70 bits per heavy atom. The number of hydrogen-bond donors (Lipinski definition) is 1. The average molecular weight is 359 g/mol. The monoisotopic (exact) mass is 357 g/mol. The molecule has 0 aromatic heterocycles. The first-order valence-electron chi connectivity index (χ1n) is 6.03. The first kappa shape index (κ1) is 15.1. The van der Waals surface area contributed by atoms with Crippen LogP contribution in [0.3, 0.4) is 0 Å². The zero-order chi connectivity index (χ0) is 14.7. The lowest BCUT2D eigenvalue weighted by molar-refractivity contribution is 0.416. The van der Waals surface area contributed by atoms with Gasteiger partial charge in [0.05, 0.1) is 17.8 Å². The zero-order valence-electron chi connectivity index (χ0n) is 11.1. The molecule has 0 bridgehead atoms. The maximum absolute atomic E-state index is 13.4. The molecule has 0 aliphatic carbocycles. The van der Waals surface area contributed by atoms with Crippen LogP contribution in [0.1, 0.15) is 11.1 Å². The molecule has 20 heavy (non-hydrogen) atoms. The molecule has 0 atom stereocenters. The molecule has 0 fully saturated rings. The minimum absolute atomic E-state index is 0.131. The van der Waals surface area contributed by atoms with Crippen LogP contribution in [0, 0.1) is 12.7 Å². The van der Waals surface area contributed by atoms with Gasteiger partial charge in [0, 0.05) is 11.0 Å². The van der Waals surface area contributed by atoms with Gasteiger partial charge in [-0.25, -0.2) is 4.39 Å². The topological polar surface area (TPSA) is 21.3 Å². The van der Waals surface area contributed by atoms with E-state index in [1.54, 1.807) is 19.2 Å². The Hall–Kier alpha value is -1.26. The van der Waals surface area contributed by atoms with Crippen LogP contribution >= 0.6 is 27.5 Å². The van der Waals surface area contributed by atoms with E-state index in [0.717, 1.165) is 27.0 Å². The van der Waals surface area contributed by atoms with Crippen molar-refractivity contribution in [2.75, 3.05) is 12.4 Å². The number of rotatable bonds is 4. The fourth-order valence-electron chi connectivity index (χ4n) is 1.94. The quantitative estimate of drug-likeness (QED) is 0.814. The molecule has 0 saturated heterocycles. The van der Waals surface area contributed by atoms with Gasteiger partial charge in [-0.2, -0.15) is 0 Å². The summed E-state index contributed by atoms with van der Waals surface area (Å²) in [6.45, 7) is 2.48. The lowest BCUT2D eigenvalue weighted by Crippen LogP contribution is -2.03. The van der Waals surface area contributed by atoms with E-state index in [0.29, 0.717) is 6.54 Å². The van der Waals surface area contributed by atoms with Crippen LogP contribution in [0.2, 0.25) is 5.02 Å². The molecule has 0 aliphatic rings. The molecule has 0 heterocycles. The molecule has 0 unspecified atom stereocenters. The van der Waals surface area contributed by atoms with Crippen LogP contribution < -0.4 is 10.1 Å². The molecule has 0 radical (unpaired) electrons. The van der Waals surface area contributed by atoms with Gasteiger partial charge in [-0.05, 0) is 42.3 Å². The van der Waals surface area contributed by atoms with Crippen molar-refractivity contribution in [1.29, 1.82) is 0 Å². The minimum Gasteiger partial charge on any atom is -0.495 e. The van der Waals surface area contributed by atoms with E-state index in [1.807, 2.05) is 19.1 Å². The first-order valence-corrected chi connectivity index (χ1v) is 7.20. The number of methoxy groups -OCH3 is 1. The molecule has 0 spiro atoms. The van der Waals surface area contributed by atoms with Gasteiger partial charge in [0.1, 0.15) is 11.6 Å². The van der Waals surface area contributed by atoms with Crippen LogP contribution in [0.15, 0.2) is 34.8 Å². The number of hydrogen-bond acceptors (Lipinski definition) is 2. The van der Waals surface area contributed by atoms with Gasteiger partial charge in [0.15, 0.2) is 0 Å². The highest BCUT2D eigenvalue weighted by Gasteiger charge is 2.08. The van der Waals surface area contributed by atoms with Crippen LogP contribution in [0.4, 0.5) is 10.1 Å².